The molecule has 0 aromatic heterocycles. The molecule has 96 valence electrons. The van der Waals surface area contributed by atoms with Crippen LogP contribution in [-0.2, 0) is 0 Å². The van der Waals surface area contributed by atoms with Crippen molar-refractivity contribution in [2.24, 2.45) is 0 Å². The van der Waals surface area contributed by atoms with Crippen LogP contribution in [0.5, 0.6) is 0 Å². The first-order valence-electron chi connectivity index (χ1n) is 6.34. The van der Waals surface area contributed by atoms with Gasteiger partial charge in [0.05, 0.1) is 0 Å². The zero-order valence-electron chi connectivity index (χ0n) is 10.5. The molecule has 1 aromatic rings. The molecule has 3 heteroatoms. The van der Waals surface area contributed by atoms with Gasteiger partial charge in [-0.3, -0.25) is 0 Å². The van der Waals surface area contributed by atoms with Crippen LogP contribution in [0.15, 0.2) is 24.3 Å². The third-order valence-electron chi connectivity index (χ3n) is 2.91. The zero-order chi connectivity index (χ0) is 12.5. The van der Waals surface area contributed by atoms with E-state index in [-0.39, 0.29) is 18.5 Å². The van der Waals surface area contributed by atoms with Crippen molar-refractivity contribution in [3.63, 3.8) is 0 Å². The fraction of sp³-hybridized carbons (Fsp3) is 0.571. The molecule has 1 atom stereocenters. The highest BCUT2D eigenvalue weighted by Crippen LogP contribution is 2.15. The van der Waals surface area contributed by atoms with E-state index in [1.54, 1.807) is 6.07 Å². The Kier molecular flexibility index (Phi) is 6.82. The molecule has 1 aromatic carbocycles. The lowest BCUT2D eigenvalue weighted by atomic mass is 10.1. The molecule has 2 N–H and O–H groups in total. The fourth-order valence-corrected chi connectivity index (χ4v) is 1.85. The van der Waals surface area contributed by atoms with Gasteiger partial charge in [0.25, 0.3) is 0 Å². The largest absolute Gasteiger partial charge is 0.396 e. The third-order valence-corrected chi connectivity index (χ3v) is 2.91. The van der Waals surface area contributed by atoms with E-state index >= 15 is 0 Å². The Morgan fingerprint density at radius 3 is 2.59 bits per heavy atom. The van der Waals surface area contributed by atoms with Crippen molar-refractivity contribution in [1.29, 1.82) is 0 Å². The molecule has 0 radical (unpaired) electrons. The molecule has 0 aliphatic carbocycles. The van der Waals surface area contributed by atoms with E-state index in [1.807, 2.05) is 19.1 Å². The lowest BCUT2D eigenvalue weighted by Crippen LogP contribution is -2.20. The Bertz CT molecular complexity index is 317. The highest BCUT2D eigenvalue weighted by molar-refractivity contribution is 5.20. The van der Waals surface area contributed by atoms with Gasteiger partial charge in [-0.05, 0) is 32.4 Å². The molecule has 0 saturated carbocycles. The van der Waals surface area contributed by atoms with Crippen LogP contribution in [0, 0.1) is 5.82 Å². The smallest absolute Gasteiger partial charge is 0.127 e. The molecule has 1 unspecified atom stereocenters. The normalized spacial score (nSPS) is 12.6. The lowest BCUT2D eigenvalue weighted by Gasteiger charge is -2.14. The summed E-state index contributed by atoms with van der Waals surface area (Å²) in [5.74, 6) is -0.146. The number of benzene rings is 1. The molecule has 17 heavy (non-hydrogen) atoms. The Balaban J connectivity index is 2.21. The van der Waals surface area contributed by atoms with Gasteiger partial charge in [-0.1, -0.05) is 31.0 Å². The molecule has 0 bridgehead atoms. The average molecular weight is 239 g/mol. The highest BCUT2D eigenvalue weighted by Gasteiger charge is 2.08. The van der Waals surface area contributed by atoms with Gasteiger partial charge in [0.15, 0.2) is 0 Å². The van der Waals surface area contributed by atoms with E-state index in [1.165, 1.54) is 6.07 Å². The first kappa shape index (κ1) is 14.1. The first-order chi connectivity index (χ1) is 8.25. The van der Waals surface area contributed by atoms with Gasteiger partial charge in [0.2, 0.25) is 0 Å². The molecule has 0 amide bonds. The minimum Gasteiger partial charge on any atom is -0.396 e. The average Bonchev–Trinajstić information content (AvgIpc) is 2.34. The molecule has 0 aliphatic rings. The van der Waals surface area contributed by atoms with Crippen molar-refractivity contribution in [2.75, 3.05) is 13.2 Å². The van der Waals surface area contributed by atoms with E-state index < -0.39 is 0 Å². The van der Waals surface area contributed by atoms with Crippen LogP contribution >= 0.6 is 0 Å². The van der Waals surface area contributed by atoms with Crippen LogP contribution in [0.2, 0.25) is 0 Å². The SMILES string of the molecule is CC(NCCCCCCO)c1ccccc1F. The summed E-state index contributed by atoms with van der Waals surface area (Å²) in [7, 11) is 0. The van der Waals surface area contributed by atoms with Crippen LogP contribution in [0.4, 0.5) is 4.39 Å². The Morgan fingerprint density at radius 1 is 1.18 bits per heavy atom. The van der Waals surface area contributed by atoms with Gasteiger partial charge in [-0.15, -0.1) is 0 Å². The maximum absolute atomic E-state index is 13.4. The summed E-state index contributed by atoms with van der Waals surface area (Å²) in [6, 6.07) is 6.93. The van der Waals surface area contributed by atoms with Crippen LogP contribution in [0.1, 0.15) is 44.2 Å². The monoisotopic (exact) mass is 239 g/mol. The van der Waals surface area contributed by atoms with Crippen LogP contribution in [0.25, 0.3) is 0 Å². The molecule has 0 aliphatic heterocycles. The molecule has 0 spiro atoms. The summed E-state index contributed by atoms with van der Waals surface area (Å²) in [6.07, 6.45) is 4.12. The minimum absolute atomic E-state index is 0.0500. The summed E-state index contributed by atoms with van der Waals surface area (Å²) >= 11 is 0. The highest BCUT2D eigenvalue weighted by atomic mass is 19.1. The summed E-state index contributed by atoms with van der Waals surface area (Å²) in [5, 5.41) is 11.9. The van der Waals surface area contributed by atoms with Crippen molar-refractivity contribution < 1.29 is 9.50 Å². The Morgan fingerprint density at radius 2 is 1.88 bits per heavy atom. The number of hydrogen-bond acceptors (Lipinski definition) is 2. The molecule has 0 saturated heterocycles. The molecule has 0 fully saturated rings. The molecule has 0 heterocycles. The number of nitrogens with one attached hydrogen (secondary N) is 1. The second kappa shape index (κ2) is 8.20. The van der Waals surface area contributed by atoms with Crippen molar-refractivity contribution in [3.05, 3.63) is 35.6 Å². The van der Waals surface area contributed by atoms with Gasteiger partial charge in [0, 0.05) is 18.2 Å². The van der Waals surface area contributed by atoms with Gasteiger partial charge < -0.3 is 10.4 Å². The van der Waals surface area contributed by atoms with E-state index in [0.717, 1.165) is 37.8 Å². The maximum atomic E-state index is 13.4. The summed E-state index contributed by atoms with van der Waals surface area (Å²) < 4.78 is 13.4. The second-order valence-corrected chi connectivity index (χ2v) is 4.34. The van der Waals surface area contributed by atoms with E-state index in [4.69, 9.17) is 5.11 Å². The molecular formula is C14H22FNO. The van der Waals surface area contributed by atoms with E-state index in [2.05, 4.69) is 5.32 Å². The van der Waals surface area contributed by atoms with Gasteiger partial charge in [-0.2, -0.15) is 0 Å². The number of hydrogen-bond donors (Lipinski definition) is 2. The predicted molar refractivity (Wildman–Crippen MR) is 68.4 cm³/mol. The summed E-state index contributed by atoms with van der Waals surface area (Å²) in [6.45, 7) is 3.14. The van der Waals surface area contributed by atoms with Gasteiger partial charge >= 0.3 is 0 Å². The molecule has 2 nitrogen and oxygen atoms in total. The minimum atomic E-state index is -0.146. The summed E-state index contributed by atoms with van der Waals surface area (Å²) in [4.78, 5) is 0. The number of unbranched alkanes of at least 4 members (excludes halogenated alkanes) is 3. The molecular weight excluding hydrogens is 217 g/mol. The maximum Gasteiger partial charge on any atom is 0.127 e. The van der Waals surface area contributed by atoms with Crippen LogP contribution < -0.4 is 5.32 Å². The number of rotatable bonds is 8. The Hall–Kier alpha value is -0.930. The van der Waals surface area contributed by atoms with Crippen molar-refractivity contribution in [2.45, 2.75) is 38.6 Å². The zero-order valence-corrected chi connectivity index (χ0v) is 10.5. The van der Waals surface area contributed by atoms with Crippen molar-refractivity contribution in [1.82, 2.24) is 5.32 Å². The fourth-order valence-electron chi connectivity index (χ4n) is 1.85. The standard InChI is InChI=1S/C14H22FNO/c1-12(13-8-4-5-9-14(13)15)16-10-6-2-3-7-11-17/h4-5,8-9,12,16-17H,2-3,6-7,10-11H2,1H3. The lowest BCUT2D eigenvalue weighted by molar-refractivity contribution is 0.282. The Labute approximate surface area is 103 Å². The summed E-state index contributed by atoms with van der Waals surface area (Å²) in [5.41, 5.74) is 0.725. The van der Waals surface area contributed by atoms with Crippen LogP contribution in [0.3, 0.4) is 0 Å². The van der Waals surface area contributed by atoms with Gasteiger partial charge in [0.1, 0.15) is 5.82 Å². The van der Waals surface area contributed by atoms with E-state index in [9.17, 15) is 4.39 Å². The van der Waals surface area contributed by atoms with Gasteiger partial charge in [-0.25, -0.2) is 4.39 Å². The molecule has 1 rings (SSSR count). The van der Waals surface area contributed by atoms with Crippen LogP contribution in [-0.4, -0.2) is 18.3 Å². The predicted octanol–water partition coefficient (Wildman–Crippen LogP) is 3.03. The second-order valence-electron chi connectivity index (χ2n) is 4.34. The number of halogens is 1. The van der Waals surface area contributed by atoms with Crippen molar-refractivity contribution >= 4 is 0 Å². The van der Waals surface area contributed by atoms with E-state index in [0.29, 0.717) is 0 Å². The topological polar surface area (TPSA) is 32.3 Å². The number of aliphatic hydroxyl groups excluding tert-OH is 1. The number of aliphatic hydroxyl groups is 1. The van der Waals surface area contributed by atoms with Crippen molar-refractivity contribution in [3.8, 4) is 0 Å². The first-order valence-corrected chi connectivity index (χ1v) is 6.34. The third kappa shape index (κ3) is 5.29. The quantitative estimate of drug-likeness (QED) is 0.683.